The summed E-state index contributed by atoms with van der Waals surface area (Å²) in [6, 6.07) is 2.06. The van der Waals surface area contributed by atoms with Crippen LogP contribution in [-0.4, -0.2) is 28.1 Å². The fraction of sp³-hybridized carbons (Fsp3) is 0.375. The van der Waals surface area contributed by atoms with Crippen LogP contribution in [0.15, 0.2) is 23.6 Å². The van der Waals surface area contributed by atoms with Crippen molar-refractivity contribution in [2.45, 2.75) is 32.4 Å². The lowest BCUT2D eigenvalue weighted by atomic mass is 10.1. The zero-order chi connectivity index (χ0) is 20.7. The third kappa shape index (κ3) is 5.83. The van der Waals surface area contributed by atoms with Gasteiger partial charge in [-0.1, -0.05) is 37.1 Å². The number of rotatable bonds is 7. The first kappa shape index (κ1) is 22.0. The molecule has 12 heteroatoms. The Labute approximate surface area is 168 Å². The Morgan fingerprint density at radius 1 is 1.32 bits per heavy atom. The number of aromatic nitrogens is 2. The van der Waals surface area contributed by atoms with E-state index in [0.29, 0.717) is 10.7 Å². The van der Waals surface area contributed by atoms with Crippen LogP contribution in [0.2, 0.25) is 0 Å². The highest BCUT2D eigenvalue weighted by Gasteiger charge is 2.35. The van der Waals surface area contributed by atoms with E-state index in [2.05, 4.69) is 22.4 Å². The summed E-state index contributed by atoms with van der Waals surface area (Å²) in [5, 5.41) is 6.78. The van der Waals surface area contributed by atoms with E-state index in [-0.39, 0.29) is 23.7 Å². The summed E-state index contributed by atoms with van der Waals surface area (Å²) in [5.74, 6) is -1.18. The summed E-state index contributed by atoms with van der Waals surface area (Å²) in [6.45, 7) is 2.12. The summed E-state index contributed by atoms with van der Waals surface area (Å²) in [4.78, 5) is 23.9. The molecule has 0 aliphatic rings. The molecular weight excluding hydrogens is 417 g/mol. The first-order valence-corrected chi connectivity index (χ1v) is 9.43. The second kappa shape index (κ2) is 9.73. The summed E-state index contributed by atoms with van der Waals surface area (Å²) >= 11 is 4.80. The highest BCUT2D eigenvalue weighted by atomic mass is 32.1. The van der Waals surface area contributed by atoms with E-state index in [1.54, 1.807) is 0 Å². The fourth-order valence-corrected chi connectivity index (χ4v) is 2.74. The van der Waals surface area contributed by atoms with E-state index >= 15 is 0 Å². The maximum absolute atomic E-state index is 13.4. The van der Waals surface area contributed by atoms with Crippen LogP contribution in [0.1, 0.15) is 42.2 Å². The largest absolute Gasteiger partial charge is 0.493 e. The molecule has 1 aromatic heterocycles. The second-order valence-corrected chi connectivity index (χ2v) is 6.60. The average Bonchev–Trinajstić information content (AvgIpc) is 3.18. The van der Waals surface area contributed by atoms with Gasteiger partial charge in [0.25, 0.3) is 5.91 Å². The van der Waals surface area contributed by atoms with Crippen LogP contribution in [0, 0.1) is 0 Å². The molecule has 0 saturated heterocycles. The summed E-state index contributed by atoms with van der Waals surface area (Å²) in [7, 11) is 0. The molecule has 0 spiro atoms. The number of carbonyl (C=O) groups excluding carboxylic acids is 2. The summed E-state index contributed by atoms with van der Waals surface area (Å²) < 4.78 is 49.4. The number of ether oxygens (including phenoxy) is 1. The molecule has 0 bridgehead atoms. The lowest BCUT2D eigenvalue weighted by Gasteiger charge is -2.19. The Kier molecular flexibility index (Phi) is 7.63. The molecule has 0 aliphatic heterocycles. The van der Waals surface area contributed by atoms with Gasteiger partial charge in [-0.05, 0) is 36.2 Å². The number of amides is 3. The van der Waals surface area contributed by atoms with Crippen LogP contribution in [-0.2, 0) is 6.18 Å². The molecule has 7 nitrogen and oxygen atoms in total. The molecule has 0 atom stereocenters. The van der Waals surface area contributed by atoms with E-state index in [1.807, 2.05) is 12.2 Å². The summed E-state index contributed by atoms with van der Waals surface area (Å²) in [5.41, 5.74) is -1.31. The van der Waals surface area contributed by atoms with Crippen molar-refractivity contribution in [2.75, 3.05) is 10.9 Å². The molecule has 0 fully saturated rings. The van der Waals surface area contributed by atoms with Crippen molar-refractivity contribution < 1.29 is 27.5 Å². The van der Waals surface area contributed by atoms with Gasteiger partial charge < -0.3 is 4.74 Å². The van der Waals surface area contributed by atoms with Gasteiger partial charge in [0.1, 0.15) is 5.75 Å². The molecule has 1 N–H and O–H groups in total. The van der Waals surface area contributed by atoms with Gasteiger partial charge >= 0.3 is 12.2 Å². The van der Waals surface area contributed by atoms with Crippen LogP contribution < -0.4 is 14.4 Å². The van der Waals surface area contributed by atoms with Gasteiger partial charge in [0.2, 0.25) is 0 Å². The third-order valence-electron chi connectivity index (χ3n) is 3.52. The van der Waals surface area contributed by atoms with E-state index < -0.39 is 23.7 Å². The Morgan fingerprint density at radius 3 is 2.68 bits per heavy atom. The number of urea groups is 1. The Bertz CT molecular complexity index is 816. The second-order valence-electron chi connectivity index (χ2n) is 5.60. The number of benzene rings is 1. The average molecular weight is 434 g/mol. The zero-order valence-corrected chi connectivity index (χ0v) is 16.4. The van der Waals surface area contributed by atoms with E-state index in [0.717, 1.165) is 36.5 Å². The van der Waals surface area contributed by atoms with E-state index in [4.69, 9.17) is 4.74 Å². The smallest absolute Gasteiger partial charge is 0.420 e. The van der Waals surface area contributed by atoms with Gasteiger partial charge in [0.15, 0.2) is 5.69 Å². The molecule has 28 heavy (non-hydrogen) atoms. The minimum atomic E-state index is -4.69. The molecule has 0 unspecified atom stereocenters. The van der Waals surface area contributed by atoms with Crippen molar-refractivity contribution in [1.29, 1.82) is 0 Å². The Morgan fingerprint density at radius 2 is 2.07 bits per heavy atom. The van der Waals surface area contributed by atoms with Crippen molar-refractivity contribution >= 4 is 42.0 Å². The number of unbranched alkanes of at least 4 members (excludes halogenated alkanes) is 2. The predicted octanol–water partition coefficient (Wildman–Crippen LogP) is 4.33. The molecule has 152 valence electrons. The SMILES string of the molecule is CCCCCOc1ccc(N(S)C(=O)NC(=O)c2csnn2)cc1C(F)(F)F. The number of imide groups is 1. The van der Waals surface area contributed by atoms with Crippen LogP contribution in [0.5, 0.6) is 5.75 Å². The number of nitrogens with zero attached hydrogens (tertiary/aromatic N) is 3. The molecule has 0 radical (unpaired) electrons. The Balaban J connectivity index is 2.15. The van der Waals surface area contributed by atoms with E-state index in [1.165, 1.54) is 11.4 Å². The van der Waals surface area contributed by atoms with Crippen LogP contribution in [0.25, 0.3) is 0 Å². The lowest BCUT2D eigenvalue weighted by Crippen LogP contribution is -2.38. The number of nitrogens with one attached hydrogen (secondary N) is 1. The molecule has 3 amide bonds. The minimum absolute atomic E-state index is 0.0908. The maximum atomic E-state index is 13.4. The molecule has 1 heterocycles. The number of alkyl halides is 3. The molecular formula is C16H17F3N4O3S2. The van der Waals surface area contributed by atoms with Gasteiger partial charge in [-0.2, -0.15) is 13.2 Å². The first-order valence-electron chi connectivity index (χ1n) is 8.19. The Hall–Kier alpha value is -2.34. The van der Waals surface area contributed by atoms with E-state index in [9.17, 15) is 22.8 Å². The van der Waals surface area contributed by atoms with Crippen molar-refractivity contribution in [3.05, 3.63) is 34.8 Å². The monoisotopic (exact) mass is 434 g/mol. The van der Waals surface area contributed by atoms with Crippen LogP contribution in [0.4, 0.5) is 23.7 Å². The number of anilines is 1. The molecule has 0 saturated carbocycles. The molecule has 2 aromatic rings. The van der Waals surface area contributed by atoms with Crippen molar-refractivity contribution in [1.82, 2.24) is 14.9 Å². The highest BCUT2D eigenvalue weighted by Crippen LogP contribution is 2.39. The highest BCUT2D eigenvalue weighted by molar-refractivity contribution is 7.82. The lowest BCUT2D eigenvalue weighted by molar-refractivity contribution is -0.138. The van der Waals surface area contributed by atoms with Gasteiger partial charge in [-0.15, -0.1) is 5.10 Å². The van der Waals surface area contributed by atoms with Gasteiger partial charge in [0.05, 0.1) is 17.9 Å². The number of thiol groups is 1. The molecule has 1 aromatic carbocycles. The number of halogens is 3. The minimum Gasteiger partial charge on any atom is -0.493 e. The van der Waals surface area contributed by atoms with Crippen LogP contribution >= 0.6 is 24.3 Å². The number of carbonyl (C=O) groups is 2. The van der Waals surface area contributed by atoms with Crippen molar-refractivity contribution in [3.63, 3.8) is 0 Å². The van der Waals surface area contributed by atoms with Gasteiger partial charge in [0, 0.05) is 5.38 Å². The number of hydrogen-bond acceptors (Lipinski definition) is 7. The molecule has 0 aliphatic carbocycles. The summed E-state index contributed by atoms with van der Waals surface area (Å²) in [6.07, 6.45) is -2.31. The number of hydrogen-bond donors (Lipinski definition) is 2. The zero-order valence-electron chi connectivity index (χ0n) is 14.7. The standard InChI is InChI=1S/C16H17F3N4O3S2/c1-2-3-4-7-26-13-6-5-10(8-11(13)16(17,18)19)23(27)15(25)20-14(24)12-9-28-22-21-12/h5-6,8-9,27H,2-4,7H2,1H3,(H,20,24,25). The normalized spacial score (nSPS) is 11.2. The van der Waals surface area contributed by atoms with Crippen molar-refractivity contribution in [2.24, 2.45) is 0 Å². The van der Waals surface area contributed by atoms with Gasteiger partial charge in [-0.3, -0.25) is 10.1 Å². The predicted molar refractivity (Wildman–Crippen MR) is 101 cm³/mol. The fourth-order valence-electron chi connectivity index (χ4n) is 2.13. The third-order valence-corrected chi connectivity index (χ3v) is 4.44. The van der Waals surface area contributed by atoms with Crippen LogP contribution in [0.3, 0.4) is 0 Å². The topological polar surface area (TPSA) is 84.4 Å². The maximum Gasteiger partial charge on any atom is 0.420 e. The molecule has 2 rings (SSSR count). The quantitative estimate of drug-likeness (QED) is 0.501. The van der Waals surface area contributed by atoms with Gasteiger partial charge in [-0.25, -0.2) is 9.10 Å². The van der Waals surface area contributed by atoms with Crippen molar-refractivity contribution in [3.8, 4) is 5.75 Å². The first-order chi connectivity index (χ1) is 13.2.